The number of rotatable bonds is 5. The van der Waals surface area contributed by atoms with E-state index in [2.05, 4.69) is 9.71 Å². The number of pyridine rings is 1. The van der Waals surface area contributed by atoms with Crippen LogP contribution in [-0.4, -0.2) is 35.3 Å². The molecule has 0 aromatic carbocycles. The van der Waals surface area contributed by atoms with Gasteiger partial charge in [-0.3, -0.25) is 0 Å². The second kappa shape index (κ2) is 6.13. The van der Waals surface area contributed by atoms with Crippen molar-refractivity contribution in [1.29, 1.82) is 0 Å². The van der Waals surface area contributed by atoms with Crippen LogP contribution in [0.2, 0.25) is 0 Å². The molecule has 0 amide bonds. The van der Waals surface area contributed by atoms with Crippen molar-refractivity contribution in [2.24, 2.45) is 0 Å². The molecule has 1 aliphatic carbocycles. The van der Waals surface area contributed by atoms with Crippen LogP contribution in [0.15, 0.2) is 30.6 Å². The van der Waals surface area contributed by atoms with E-state index in [4.69, 9.17) is 4.74 Å². The molecule has 1 spiro atoms. The average Bonchev–Trinajstić information content (AvgIpc) is 2.94. The normalized spacial score (nSPS) is 23.4. The Hall–Kier alpha value is -1.44. The molecular weight excluding hydrogens is 326 g/mol. The Labute approximate surface area is 142 Å². The van der Waals surface area contributed by atoms with Crippen LogP contribution in [-0.2, 0) is 21.3 Å². The third-order valence-electron chi connectivity index (χ3n) is 5.13. The maximum atomic E-state index is 12.4. The predicted molar refractivity (Wildman–Crippen MR) is 91.1 cm³/mol. The molecule has 1 unspecified atom stereocenters. The largest absolute Gasteiger partial charge is 0.371 e. The molecule has 2 aliphatic rings. The monoisotopic (exact) mass is 349 g/mol. The van der Waals surface area contributed by atoms with E-state index in [9.17, 15) is 8.42 Å². The summed E-state index contributed by atoms with van der Waals surface area (Å²) in [6.07, 6.45) is 9.90. The SMILES string of the molecule is O=S(=O)(CC1CCCC2(CCC2)O1)NCc1cn2ccccc2n1. The molecule has 1 saturated carbocycles. The summed E-state index contributed by atoms with van der Waals surface area (Å²) >= 11 is 0. The van der Waals surface area contributed by atoms with E-state index in [1.54, 1.807) is 0 Å². The minimum absolute atomic E-state index is 0.0139. The summed E-state index contributed by atoms with van der Waals surface area (Å²) in [6, 6.07) is 5.72. The van der Waals surface area contributed by atoms with Gasteiger partial charge in [-0.2, -0.15) is 0 Å². The molecule has 1 aliphatic heterocycles. The van der Waals surface area contributed by atoms with E-state index in [1.807, 2.05) is 35.0 Å². The number of nitrogens with one attached hydrogen (secondary N) is 1. The van der Waals surface area contributed by atoms with E-state index in [1.165, 1.54) is 6.42 Å². The quantitative estimate of drug-likeness (QED) is 0.898. The second-order valence-electron chi connectivity index (χ2n) is 6.97. The first-order chi connectivity index (χ1) is 11.5. The molecule has 2 aromatic heterocycles. The van der Waals surface area contributed by atoms with E-state index >= 15 is 0 Å². The molecule has 1 N–H and O–H groups in total. The summed E-state index contributed by atoms with van der Waals surface area (Å²) in [5.41, 5.74) is 1.51. The second-order valence-corrected chi connectivity index (χ2v) is 8.82. The third-order valence-corrected chi connectivity index (χ3v) is 6.53. The first-order valence-electron chi connectivity index (χ1n) is 8.61. The van der Waals surface area contributed by atoms with Crippen LogP contribution in [0.1, 0.15) is 44.2 Å². The lowest BCUT2D eigenvalue weighted by atomic mass is 9.74. The summed E-state index contributed by atoms with van der Waals surface area (Å²) in [4.78, 5) is 4.41. The van der Waals surface area contributed by atoms with Crippen molar-refractivity contribution in [1.82, 2.24) is 14.1 Å². The van der Waals surface area contributed by atoms with Gasteiger partial charge in [0, 0.05) is 12.4 Å². The zero-order valence-corrected chi connectivity index (χ0v) is 14.5. The van der Waals surface area contributed by atoms with Gasteiger partial charge in [0.1, 0.15) is 5.65 Å². The zero-order chi connectivity index (χ0) is 16.6. The average molecular weight is 349 g/mol. The van der Waals surface area contributed by atoms with Crippen molar-refractivity contribution >= 4 is 15.7 Å². The van der Waals surface area contributed by atoms with Gasteiger partial charge < -0.3 is 9.14 Å². The molecule has 0 bridgehead atoms. The highest BCUT2D eigenvalue weighted by Gasteiger charge is 2.43. The van der Waals surface area contributed by atoms with Gasteiger partial charge >= 0.3 is 0 Å². The smallest absolute Gasteiger partial charge is 0.214 e. The Morgan fingerprint density at radius 3 is 2.88 bits per heavy atom. The van der Waals surface area contributed by atoms with Gasteiger partial charge in [-0.15, -0.1) is 0 Å². The van der Waals surface area contributed by atoms with Gasteiger partial charge in [-0.25, -0.2) is 18.1 Å². The summed E-state index contributed by atoms with van der Waals surface area (Å²) in [5, 5.41) is 0. The summed E-state index contributed by atoms with van der Waals surface area (Å²) in [6.45, 7) is 0.210. The fraction of sp³-hybridized carbons (Fsp3) is 0.588. The number of ether oxygens (including phenoxy) is 1. The van der Waals surface area contributed by atoms with Crippen LogP contribution < -0.4 is 4.72 Å². The molecule has 130 valence electrons. The van der Waals surface area contributed by atoms with Gasteiger partial charge in [0.25, 0.3) is 0 Å². The van der Waals surface area contributed by atoms with Crippen LogP contribution >= 0.6 is 0 Å². The number of hydrogen-bond donors (Lipinski definition) is 1. The first kappa shape index (κ1) is 16.1. The van der Waals surface area contributed by atoms with Crippen LogP contribution in [0.25, 0.3) is 5.65 Å². The van der Waals surface area contributed by atoms with Crippen molar-refractivity contribution < 1.29 is 13.2 Å². The lowest BCUT2D eigenvalue weighted by molar-refractivity contribution is -0.161. The third kappa shape index (κ3) is 3.34. The Morgan fingerprint density at radius 1 is 1.29 bits per heavy atom. The Morgan fingerprint density at radius 2 is 2.12 bits per heavy atom. The van der Waals surface area contributed by atoms with Crippen LogP contribution in [0, 0.1) is 0 Å². The summed E-state index contributed by atoms with van der Waals surface area (Å²) in [5.74, 6) is 0.0438. The first-order valence-corrected chi connectivity index (χ1v) is 10.3. The summed E-state index contributed by atoms with van der Waals surface area (Å²) < 4.78 is 35.4. The Bertz CT molecular complexity index is 793. The van der Waals surface area contributed by atoms with Crippen molar-refractivity contribution in [2.75, 3.05) is 5.75 Å². The molecule has 4 rings (SSSR count). The van der Waals surface area contributed by atoms with Crippen LogP contribution in [0.3, 0.4) is 0 Å². The molecule has 1 saturated heterocycles. The fourth-order valence-electron chi connectivity index (χ4n) is 3.74. The molecule has 6 nitrogen and oxygen atoms in total. The molecule has 2 aromatic rings. The minimum atomic E-state index is -3.38. The molecule has 2 fully saturated rings. The predicted octanol–water partition coefficient (Wildman–Crippen LogP) is 2.25. The van der Waals surface area contributed by atoms with E-state index < -0.39 is 10.0 Å². The fourth-order valence-corrected chi connectivity index (χ4v) is 4.95. The molecule has 0 radical (unpaired) electrons. The van der Waals surface area contributed by atoms with E-state index in [-0.39, 0.29) is 24.0 Å². The van der Waals surface area contributed by atoms with Gasteiger partial charge in [0.15, 0.2) is 0 Å². The molecule has 7 heteroatoms. The molecule has 24 heavy (non-hydrogen) atoms. The van der Waals surface area contributed by atoms with E-state index in [0.29, 0.717) is 5.69 Å². The molecule has 1 atom stereocenters. The van der Waals surface area contributed by atoms with Crippen molar-refractivity contribution in [3.63, 3.8) is 0 Å². The standard InChI is InChI=1S/C17H23N3O3S/c21-24(22,13-15-5-3-7-17(23-15)8-4-9-17)18-11-14-12-20-10-2-1-6-16(20)19-14/h1-2,6,10,12,15,18H,3-5,7-9,11,13H2. The number of aromatic nitrogens is 2. The number of sulfonamides is 1. The number of nitrogens with zero attached hydrogens (tertiary/aromatic N) is 2. The molecule has 3 heterocycles. The maximum absolute atomic E-state index is 12.4. The highest BCUT2D eigenvalue weighted by atomic mass is 32.2. The highest BCUT2D eigenvalue weighted by molar-refractivity contribution is 7.89. The van der Waals surface area contributed by atoms with Gasteiger partial charge in [-0.05, 0) is 50.7 Å². The van der Waals surface area contributed by atoms with Crippen LogP contribution in [0.5, 0.6) is 0 Å². The van der Waals surface area contributed by atoms with Crippen molar-refractivity contribution in [3.05, 3.63) is 36.3 Å². The van der Waals surface area contributed by atoms with Gasteiger partial charge in [0.2, 0.25) is 10.0 Å². The molecular formula is C17H23N3O3S. The zero-order valence-electron chi connectivity index (χ0n) is 13.6. The number of fused-ring (bicyclic) bond motifs is 1. The van der Waals surface area contributed by atoms with Gasteiger partial charge in [-0.1, -0.05) is 6.07 Å². The van der Waals surface area contributed by atoms with E-state index in [0.717, 1.165) is 37.8 Å². The van der Waals surface area contributed by atoms with Crippen molar-refractivity contribution in [2.45, 2.75) is 56.8 Å². The van der Waals surface area contributed by atoms with Crippen LogP contribution in [0.4, 0.5) is 0 Å². The minimum Gasteiger partial charge on any atom is -0.371 e. The summed E-state index contributed by atoms with van der Waals surface area (Å²) in [7, 11) is -3.38. The maximum Gasteiger partial charge on any atom is 0.214 e. The number of imidazole rings is 1. The van der Waals surface area contributed by atoms with Gasteiger partial charge in [0.05, 0.1) is 29.7 Å². The Balaban J connectivity index is 1.36. The highest BCUT2D eigenvalue weighted by Crippen LogP contribution is 2.44. The lowest BCUT2D eigenvalue weighted by Crippen LogP contribution is -2.48. The lowest BCUT2D eigenvalue weighted by Gasteiger charge is -2.47. The Kier molecular flexibility index (Phi) is 4.10. The number of hydrogen-bond acceptors (Lipinski definition) is 4. The van der Waals surface area contributed by atoms with Crippen molar-refractivity contribution in [3.8, 4) is 0 Å². The topological polar surface area (TPSA) is 72.7 Å².